The Balaban J connectivity index is 1.91. The lowest BCUT2D eigenvalue weighted by molar-refractivity contribution is 0.0273. The lowest BCUT2D eigenvalue weighted by Crippen LogP contribution is -2.36. The van der Waals surface area contributed by atoms with E-state index >= 15 is 0 Å². The first kappa shape index (κ1) is 13.2. The van der Waals surface area contributed by atoms with Crippen molar-refractivity contribution in [2.24, 2.45) is 5.92 Å². The van der Waals surface area contributed by atoms with E-state index in [1.165, 1.54) is 0 Å². The van der Waals surface area contributed by atoms with Crippen LogP contribution in [0.5, 0.6) is 5.75 Å². The molecule has 1 aliphatic rings. The number of aliphatic hydroxyl groups excluding tert-OH is 1. The zero-order chi connectivity index (χ0) is 13.1. The van der Waals surface area contributed by atoms with Gasteiger partial charge in [0.2, 0.25) is 0 Å². The van der Waals surface area contributed by atoms with Crippen molar-refractivity contribution in [3.8, 4) is 5.75 Å². The van der Waals surface area contributed by atoms with Crippen LogP contribution in [0.15, 0.2) is 18.2 Å². The molecule has 0 unspecified atom stereocenters. The fraction of sp³-hybridized carbons (Fsp3) is 0.571. The summed E-state index contributed by atoms with van der Waals surface area (Å²) < 4.78 is 5.34. The summed E-state index contributed by atoms with van der Waals surface area (Å²) in [6.07, 6.45) is 1.79. The van der Waals surface area contributed by atoms with Gasteiger partial charge < -0.3 is 20.5 Å². The number of nitrogens with two attached hydrogens (primary N) is 1. The highest BCUT2D eigenvalue weighted by Crippen LogP contribution is 2.29. The van der Waals surface area contributed by atoms with Crippen molar-refractivity contribution >= 4 is 5.69 Å². The van der Waals surface area contributed by atoms with Gasteiger partial charge in [0.25, 0.3) is 0 Å². The van der Waals surface area contributed by atoms with Crippen LogP contribution in [-0.4, -0.2) is 36.8 Å². The van der Waals surface area contributed by atoms with Crippen molar-refractivity contribution in [3.63, 3.8) is 0 Å². The second kappa shape index (κ2) is 5.59. The molecule has 4 nitrogen and oxygen atoms in total. The Morgan fingerprint density at radius 3 is 2.78 bits per heavy atom. The zero-order valence-corrected chi connectivity index (χ0v) is 11.1. The van der Waals surface area contributed by atoms with Crippen molar-refractivity contribution in [1.29, 1.82) is 0 Å². The standard InChI is InChI=1S/C14H22N2O2/c1-16(8-10-5-13(17)6-10)9-11-3-4-12(15)7-14(11)18-2/h3-4,7,10,13,17H,5-6,8-9,15H2,1-2H3. The van der Waals surface area contributed by atoms with Crippen LogP contribution in [0.25, 0.3) is 0 Å². The molecule has 3 N–H and O–H groups in total. The summed E-state index contributed by atoms with van der Waals surface area (Å²) in [5, 5.41) is 9.28. The van der Waals surface area contributed by atoms with Crippen LogP contribution in [0, 0.1) is 5.92 Å². The maximum atomic E-state index is 9.28. The number of ether oxygens (including phenoxy) is 1. The van der Waals surface area contributed by atoms with Crippen LogP contribution in [0.3, 0.4) is 0 Å². The fourth-order valence-electron chi connectivity index (χ4n) is 2.54. The van der Waals surface area contributed by atoms with Gasteiger partial charge in [-0.25, -0.2) is 0 Å². The van der Waals surface area contributed by atoms with Crippen LogP contribution >= 0.6 is 0 Å². The molecular weight excluding hydrogens is 228 g/mol. The first-order valence-corrected chi connectivity index (χ1v) is 6.37. The second-order valence-electron chi connectivity index (χ2n) is 5.26. The van der Waals surface area contributed by atoms with E-state index in [0.717, 1.165) is 42.9 Å². The van der Waals surface area contributed by atoms with Gasteiger partial charge in [0, 0.05) is 30.4 Å². The molecule has 0 aliphatic heterocycles. The lowest BCUT2D eigenvalue weighted by Gasteiger charge is -2.34. The van der Waals surface area contributed by atoms with Gasteiger partial charge in [-0.05, 0) is 31.9 Å². The summed E-state index contributed by atoms with van der Waals surface area (Å²) >= 11 is 0. The fourth-order valence-corrected chi connectivity index (χ4v) is 2.54. The number of rotatable bonds is 5. The molecule has 1 aromatic rings. The highest BCUT2D eigenvalue weighted by molar-refractivity contribution is 5.48. The summed E-state index contributed by atoms with van der Waals surface area (Å²) in [6.45, 7) is 1.86. The first-order chi connectivity index (χ1) is 8.58. The topological polar surface area (TPSA) is 58.7 Å². The van der Waals surface area contributed by atoms with E-state index in [2.05, 4.69) is 11.9 Å². The van der Waals surface area contributed by atoms with E-state index in [0.29, 0.717) is 5.92 Å². The number of nitrogen functional groups attached to an aromatic ring is 1. The summed E-state index contributed by atoms with van der Waals surface area (Å²) in [4.78, 5) is 2.27. The lowest BCUT2D eigenvalue weighted by atomic mass is 9.82. The van der Waals surface area contributed by atoms with Crippen molar-refractivity contribution in [2.75, 3.05) is 26.4 Å². The zero-order valence-electron chi connectivity index (χ0n) is 11.1. The number of aliphatic hydroxyl groups is 1. The molecule has 0 atom stereocenters. The van der Waals surface area contributed by atoms with Crippen molar-refractivity contribution in [2.45, 2.75) is 25.5 Å². The van der Waals surface area contributed by atoms with E-state index in [9.17, 15) is 5.11 Å². The van der Waals surface area contributed by atoms with E-state index in [-0.39, 0.29) is 6.10 Å². The number of benzene rings is 1. The molecule has 1 fully saturated rings. The van der Waals surface area contributed by atoms with Gasteiger partial charge in [-0.1, -0.05) is 6.07 Å². The van der Waals surface area contributed by atoms with E-state index in [4.69, 9.17) is 10.5 Å². The van der Waals surface area contributed by atoms with Crippen LogP contribution in [0.1, 0.15) is 18.4 Å². The maximum absolute atomic E-state index is 9.28. The third-order valence-corrected chi connectivity index (χ3v) is 3.53. The Kier molecular flexibility index (Phi) is 4.09. The molecule has 0 bridgehead atoms. The number of nitrogens with zero attached hydrogens (tertiary/aromatic N) is 1. The van der Waals surface area contributed by atoms with Gasteiger partial charge >= 0.3 is 0 Å². The predicted octanol–water partition coefficient (Wildman–Crippen LogP) is 1.48. The van der Waals surface area contributed by atoms with E-state index in [1.807, 2.05) is 18.2 Å². The molecule has 18 heavy (non-hydrogen) atoms. The highest BCUT2D eigenvalue weighted by Gasteiger charge is 2.27. The highest BCUT2D eigenvalue weighted by atomic mass is 16.5. The number of hydrogen-bond acceptors (Lipinski definition) is 4. The summed E-state index contributed by atoms with van der Waals surface area (Å²) in [5.41, 5.74) is 7.61. The van der Waals surface area contributed by atoms with E-state index in [1.54, 1.807) is 7.11 Å². The first-order valence-electron chi connectivity index (χ1n) is 6.37. The minimum absolute atomic E-state index is 0.0746. The molecule has 1 saturated carbocycles. The molecule has 0 aromatic heterocycles. The Bertz CT molecular complexity index is 403. The molecule has 0 spiro atoms. The normalized spacial score (nSPS) is 22.9. The number of hydrogen-bond donors (Lipinski definition) is 2. The Morgan fingerprint density at radius 2 is 2.17 bits per heavy atom. The van der Waals surface area contributed by atoms with Gasteiger partial charge in [-0.15, -0.1) is 0 Å². The van der Waals surface area contributed by atoms with Gasteiger partial charge in [0.1, 0.15) is 5.75 Å². The second-order valence-corrected chi connectivity index (χ2v) is 5.26. The molecule has 2 rings (SSSR count). The van der Waals surface area contributed by atoms with E-state index < -0.39 is 0 Å². The third kappa shape index (κ3) is 3.15. The van der Waals surface area contributed by atoms with Crippen LogP contribution < -0.4 is 10.5 Å². The third-order valence-electron chi connectivity index (χ3n) is 3.53. The van der Waals surface area contributed by atoms with Crippen molar-refractivity contribution in [3.05, 3.63) is 23.8 Å². The Morgan fingerprint density at radius 1 is 1.44 bits per heavy atom. The molecular formula is C14H22N2O2. The molecule has 0 saturated heterocycles. The van der Waals surface area contributed by atoms with Crippen LogP contribution in [0.2, 0.25) is 0 Å². The molecule has 0 heterocycles. The quantitative estimate of drug-likeness (QED) is 0.777. The Hall–Kier alpha value is -1.26. The molecule has 1 aromatic carbocycles. The average Bonchev–Trinajstić information content (AvgIpc) is 2.29. The number of anilines is 1. The SMILES string of the molecule is COc1cc(N)ccc1CN(C)CC1CC(O)C1. The summed E-state index contributed by atoms with van der Waals surface area (Å²) in [5.74, 6) is 1.47. The average molecular weight is 250 g/mol. The summed E-state index contributed by atoms with van der Waals surface area (Å²) in [6, 6.07) is 5.77. The van der Waals surface area contributed by atoms with Crippen LogP contribution in [-0.2, 0) is 6.54 Å². The van der Waals surface area contributed by atoms with Gasteiger partial charge in [-0.3, -0.25) is 0 Å². The van der Waals surface area contributed by atoms with Crippen LogP contribution in [0.4, 0.5) is 5.69 Å². The largest absolute Gasteiger partial charge is 0.496 e. The van der Waals surface area contributed by atoms with Gasteiger partial charge in [-0.2, -0.15) is 0 Å². The van der Waals surface area contributed by atoms with Crippen molar-refractivity contribution in [1.82, 2.24) is 4.90 Å². The molecule has 4 heteroatoms. The molecule has 1 aliphatic carbocycles. The maximum Gasteiger partial charge on any atom is 0.125 e. The molecule has 0 radical (unpaired) electrons. The molecule has 0 amide bonds. The monoisotopic (exact) mass is 250 g/mol. The minimum atomic E-state index is -0.0746. The predicted molar refractivity (Wildman–Crippen MR) is 72.5 cm³/mol. The molecule has 100 valence electrons. The summed E-state index contributed by atoms with van der Waals surface area (Å²) in [7, 11) is 3.76. The van der Waals surface area contributed by atoms with Gasteiger partial charge in [0.05, 0.1) is 13.2 Å². The van der Waals surface area contributed by atoms with Crippen molar-refractivity contribution < 1.29 is 9.84 Å². The smallest absolute Gasteiger partial charge is 0.125 e. The number of methoxy groups -OCH3 is 1. The Labute approximate surface area is 108 Å². The van der Waals surface area contributed by atoms with Gasteiger partial charge in [0.15, 0.2) is 0 Å². The minimum Gasteiger partial charge on any atom is -0.496 e.